The molecule has 3 aromatic rings. The number of ether oxygens (including phenoxy) is 2. The van der Waals surface area contributed by atoms with E-state index in [9.17, 15) is 14.4 Å². The van der Waals surface area contributed by atoms with Crippen LogP contribution in [0.3, 0.4) is 0 Å². The molecule has 3 aromatic carbocycles. The molecule has 1 N–H and O–H groups in total. The lowest BCUT2D eigenvalue weighted by Gasteiger charge is -2.37. The van der Waals surface area contributed by atoms with Crippen molar-refractivity contribution in [2.75, 3.05) is 18.2 Å². The highest BCUT2D eigenvalue weighted by Crippen LogP contribution is 2.61. The summed E-state index contributed by atoms with van der Waals surface area (Å²) in [5.74, 6) is -3.01. The second kappa shape index (κ2) is 11.0. The first-order valence-electron chi connectivity index (χ1n) is 13.2. The summed E-state index contributed by atoms with van der Waals surface area (Å²) in [5, 5.41) is 9.46. The van der Waals surface area contributed by atoms with E-state index in [4.69, 9.17) is 14.6 Å². The van der Waals surface area contributed by atoms with Crippen molar-refractivity contribution in [3.63, 3.8) is 0 Å². The van der Waals surface area contributed by atoms with E-state index in [-0.39, 0.29) is 19.1 Å². The lowest BCUT2D eigenvalue weighted by Crippen LogP contribution is -2.60. The summed E-state index contributed by atoms with van der Waals surface area (Å²) in [6.07, 6.45) is 0. The Hall–Kier alpha value is -3.82. The lowest BCUT2D eigenvalue weighted by atomic mass is 9.61. The largest absolute Gasteiger partial charge is 0.464 e. The van der Waals surface area contributed by atoms with E-state index < -0.39 is 34.9 Å². The first kappa shape index (κ1) is 27.7. The summed E-state index contributed by atoms with van der Waals surface area (Å²) in [4.78, 5) is 43.0. The number of carbonyl (C=O) groups excluding carboxylic acids is 3. The van der Waals surface area contributed by atoms with Crippen LogP contribution in [0.2, 0.25) is 0 Å². The van der Waals surface area contributed by atoms with Crippen LogP contribution in [0, 0.1) is 5.41 Å². The van der Waals surface area contributed by atoms with Gasteiger partial charge in [-0.1, -0.05) is 76.6 Å². The van der Waals surface area contributed by atoms with Crippen LogP contribution in [0.15, 0.2) is 94.5 Å². The monoisotopic (exact) mass is 603 g/mol. The van der Waals surface area contributed by atoms with E-state index in [2.05, 4.69) is 21.2 Å². The van der Waals surface area contributed by atoms with Gasteiger partial charge in [-0.15, -0.1) is 0 Å². The zero-order valence-corrected chi connectivity index (χ0v) is 24.1. The van der Waals surface area contributed by atoms with Crippen LogP contribution in [0.25, 0.3) is 0 Å². The molecule has 1 spiro atoms. The number of hydrazone groups is 1. The van der Waals surface area contributed by atoms with E-state index in [1.54, 1.807) is 32.9 Å². The highest BCUT2D eigenvalue weighted by molar-refractivity contribution is 9.10. The number of hydrogen-bond acceptors (Lipinski definition) is 7. The maximum atomic E-state index is 14.9. The molecular formula is C31H30BrN3O5. The highest BCUT2D eigenvalue weighted by Gasteiger charge is 2.76. The third-order valence-corrected chi connectivity index (χ3v) is 8.17. The molecule has 0 unspecified atom stereocenters. The van der Waals surface area contributed by atoms with Gasteiger partial charge in [0, 0.05) is 10.4 Å². The second-order valence-corrected chi connectivity index (χ2v) is 10.6. The molecular weight excluding hydrogens is 574 g/mol. The van der Waals surface area contributed by atoms with Crippen molar-refractivity contribution in [1.29, 1.82) is 0 Å². The predicted molar refractivity (Wildman–Crippen MR) is 155 cm³/mol. The van der Waals surface area contributed by atoms with Crippen LogP contribution in [0.1, 0.15) is 43.9 Å². The fourth-order valence-corrected chi connectivity index (χ4v) is 6.30. The van der Waals surface area contributed by atoms with E-state index in [1.165, 1.54) is 5.01 Å². The van der Waals surface area contributed by atoms with Crippen LogP contribution in [0.5, 0.6) is 0 Å². The van der Waals surface area contributed by atoms with Crippen molar-refractivity contribution >= 4 is 45.2 Å². The summed E-state index contributed by atoms with van der Waals surface area (Å²) in [5.41, 5.74) is -1.17. The molecule has 5 rings (SSSR count). The van der Waals surface area contributed by atoms with Gasteiger partial charge in [0.05, 0.1) is 30.7 Å². The van der Waals surface area contributed by atoms with Crippen molar-refractivity contribution in [2.45, 2.75) is 38.3 Å². The number of esters is 2. The van der Waals surface area contributed by atoms with Crippen LogP contribution in [-0.4, -0.2) is 42.3 Å². The Bertz CT molecular complexity index is 1430. The fourth-order valence-electron chi connectivity index (χ4n) is 6.04. The topological polar surface area (TPSA) is 97.3 Å². The van der Waals surface area contributed by atoms with Crippen molar-refractivity contribution < 1.29 is 23.9 Å². The lowest BCUT2D eigenvalue weighted by molar-refractivity contribution is -0.166. The van der Waals surface area contributed by atoms with Gasteiger partial charge in [-0.05, 0) is 56.2 Å². The van der Waals surface area contributed by atoms with Gasteiger partial charge in [-0.25, -0.2) is 9.59 Å². The Labute approximate surface area is 241 Å². The molecule has 0 bridgehead atoms. The molecule has 9 heteroatoms. The van der Waals surface area contributed by atoms with E-state index in [0.717, 1.165) is 4.47 Å². The minimum Gasteiger partial charge on any atom is -0.464 e. The third-order valence-electron chi connectivity index (χ3n) is 7.64. The normalized spacial score (nSPS) is 23.2. The van der Waals surface area contributed by atoms with E-state index in [1.807, 2.05) is 72.8 Å². The predicted octanol–water partition coefficient (Wildman–Crippen LogP) is 5.15. The Kier molecular flexibility index (Phi) is 7.61. The van der Waals surface area contributed by atoms with Gasteiger partial charge >= 0.3 is 11.9 Å². The highest BCUT2D eigenvalue weighted by atomic mass is 79.9. The van der Waals surface area contributed by atoms with Gasteiger partial charge in [0.1, 0.15) is 5.41 Å². The van der Waals surface area contributed by atoms with Gasteiger partial charge in [0.15, 0.2) is 0 Å². The molecule has 1 amide bonds. The molecule has 3 atom stereocenters. The molecule has 8 nitrogen and oxygen atoms in total. The number of nitrogens with one attached hydrogen (secondary N) is 1. The number of halogens is 1. The minimum atomic E-state index is -2.04. The first-order valence-corrected chi connectivity index (χ1v) is 14.0. The average molecular weight is 605 g/mol. The molecule has 206 valence electrons. The molecule has 1 fully saturated rings. The van der Waals surface area contributed by atoms with Crippen molar-refractivity contribution in [1.82, 2.24) is 5.32 Å². The molecule has 1 saturated heterocycles. The van der Waals surface area contributed by atoms with Gasteiger partial charge in [0.2, 0.25) is 5.54 Å². The number of carbonyl (C=O) groups is 3. The molecule has 2 aliphatic rings. The van der Waals surface area contributed by atoms with E-state index >= 15 is 0 Å². The number of amides is 1. The zero-order valence-electron chi connectivity index (χ0n) is 22.5. The SMILES string of the molecule is CCOC(=O)C1(C(=O)OCC)N[C@H](c2ccc(Br)cc2)[C@]2(C(=O)N(c3ccccc3)N=C2C)[C@@H]1c1ccccc1. The third kappa shape index (κ3) is 4.15. The van der Waals surface area contributed by atoms with Crippen molar-refractivity contribution in [2.24, 2.45) is 10.5 Å². The molecule has 2 heterocycles. The van der Waals surface area contributed by atoms with Crippen LogP contribution < -0.4 is 10.3 Å². The molecule has 0 aromatic heterocycles. The number of anilines is 1. The molecule has 2 aliphatic heterocycles. The summed E-state index contributed by atoms with van der Waals surface area (Å²) in [6, 6.07) is 24.8. The number of rotatable bonds is 7. The molecule has 40 heavy (non-hydrogen) atoms. The van der Waals surface area contributed by atoms with Crippen LogP contribution >= 0.6 is 15.9 Å². The Morgan fingerprint density at radius 3 is 1.98 bits per heavy atom. The first-order chi connectivity index (χ1) is 19.3. The summed E-state index contributed by atoms with van der Waals surface area (Å²) in [6.45, 7) is 5.20. The zero-order chi connectivity index (χ0) is 28.5. The van der Waals surface area contributed by atoms with Crippen molar-refractivity contribution in [3.05, 3.63) is 101 Å². The summed E-state index contributed by atoms with van der Waals surface area (Å²) >= 11 is 3.48. The Morgan fingerprint density at radius 1 is 0.875 bits per heavy atom. The smallest absolute Gasteiger partial charge is 0.338 e. The van der Waals surface area contributed by atoms with Gasteiger partial charge in [-0.3, -0.25) is 10.1 Å². The van der Waals surface area contributed by atoms with E-state index in [0.29, 0.717) is 22.5 Å². The molecule has 0 aliphatic carbocycles. The number of para-hydroxylation sites is 1. The maximum absolute atomic E-state index is 14.9. The van der Waals surface area contributed by atoms with Crippen molar-refractivity contribution in [3.8, 4) is 0 Å². The quantitative estimate of drug-likeness (QED) is 0.296. The van der Waals surface area contributed by atoms with Gasteiger partial charge in [-0.2, -0.15) is 10.1 Å². The number of benzene rings is 3. The Balaban J connectivity index is 1.85. The van der Waals surface area contributed by atoms with Crippen LogP contribution in [0.4, 0.5) is 5.69 Å². The van der Waals surface area contributed by atoms with Crippen LogP contribution in [-0.2, 0) is 23.9 Å². The summed E-state index contributed by atoms with van der Waals surface area (Å²) in [7, 11) is 0. The fraction of sp³-hybridized carbons (Fsp3) is 0.290. The Morgan fingerprint density at radius 2 is 1.43 bits per heavy atom. The maximum Gasteiger partial charge on any atom is 0.338 e. The van der Waals surface area contributed by atoms with Gasteiger partial charge < -0.3 is 9.47 Å². The molecule has 0 saturated carbocycles. The number of nitrogens with zero attached hydrogens (tertiary/aromatic N) is 2. The standard InChI is InChI=1S/C31H30BrN3O5/c1-4-39-28(37)31(29(38)40-5-2)25(21-12-8-6-9-13-21)30(26(33-31)22-16-18-23(32)19-17-22)20(3)34-35(27(30)36)24-14-10-7-11-15-24/h6-19,25-26,33H,4-5H2,1-3H3/t25-,26+,30+/m0/s1. The minimum absolute atomic E-state index is 0.0380. The number of hydrogen-bond donors (Lipinski definition) is 1. The second-order valence-electron chi connectivity index (χ2n) is 9.73. The van der Waals surface area contributed by atoms with Gasteiger partial charge in [0.25, 0.3) is 5.91 Å². The average Bonchev–Trinajstić information content (AvgIpc) is 3.44. The summed E-state index contributed by atoms with van der Waals surface area (Å²) < 4.78 is 12.0. The molecule has 0 radical (unpaired) electrons.